The summed E-state index contributed by atoms with van der Waals surface area (Å²) in [5.41, 5.74) is 7.03. The molecule has 0 heterocycles. The molecule has 1 rings (SSSR count). The Morgan fingerprint density at radius 3 is 2.45 bits per heavy atom. The molecule has 5 heteroatoms. The van der Waals surface area contributed by atoms with Crippen molar-refractivity contribution in [2.75, 3.05) is 33.7 Å². The van der Waals surface area contributed by atoms with Gasteiger partial charge in [-0.05, 0) is 45.3 Å². The molecule has 0 aliphatic rings. The largest absolute Gasteiger partial charge is 0.329 e. The van der Waals surface area contributed by atoms with E-state index < -0.39 is 0 Å². The van der Waals surface area contributed by atoms with Gasteiger partial charge in [-0.2, -0.15) is 0 Å². The fraction of sp³-hybridized carbons (Fsp3) is 0.600. The Balaban J connectivity index is 3.02. The van der Waals surface area contributed by atoms with Gasteiger partial charge in [-0.15, -0.1) is 0 Å². The van der Waals surface area contributed by atoms with Crippen molar-refractivity contribution in [1.29, 1.82) is 0 Å². The van der Waals surface area contributed by atoms with E-state index in [9.17, 15) is 4.39 Å². The molecule has 0 aliphatic heterocycles. The molecule has 0 aromatic heterocycles. The van der Waals surface area contributed by atoms with Crippen molar-refractivity contribution < 1.29 is 4.39 Å². The van der Waals surface area contributed by atoms with Crippen LogP contribution in [0.15, 0.2) is 22.7 Å². The molecule has 114 valence electrons. The average Bonchev–Trinajstić information content (AvgIpc) is 2.35. The number of hydrogen-bond acceptors (Lipinski definition) is 3. The van der Waals surface area contributed by atoms with Crippen molar-refractivity contribution in [3.63, 3.8) is 0 Å². The summed E-state index contributed by atoms with van der Waals surface area (Å²) in [5.74, 6) is -0.235. The molecule has 1 aromatic carbocycles. The van der Waals surface area contributed by atoms with E-state index in [2.05, 4.69) is 53.7 Å². The second kappa shape index (κ2) is 8.08. The summed E-state index contributed by atoms with van der Waals surface area (Å²) in [7, 11) is 4.13. The molecule has 0 saturated heterocycles. The van der Waals surface area contributed by atoms with Gasteiger partial charge in [0.1, 0.15) is 5.82 Å². The first-order chi connectivity index (χ1) is 9.40. The average molecular weight is 346 g/mol. The van der Waals surface area contributed by atoms with E-state index in [0.29, 0.717) is 12.6 Å². The third-order valence-corrected chi connectivity index (χ3v) is 4.19. The van der Waals surface area contributed by atoms with Crippen LogP contribution in [-0.4, -0.2) is 49.6 Å². The zero-order valence-corrected chi connectivity index (χ0v) is 14.3. The Kier molecular flexibility index (Phi) is 7.09. The van der Waals surface area contributed by atoms with Crippen LogP contribution in [0.4, 0.5) is 4.39 Å². The predicted octanol–water partition coefficient (Wildman–Crippen LogP) is 2.86. The summed E-state index contributed by atoms with van der Waals surface area (Å²) >= 11 is 3.45. The van der Waals surface area contributed by atoms with Gasteiger partial charge in [0, 0.05) is 29.6 Å². The smallest absolute Gasteiger partial charge is 0.124 e. The molecular weight excluding hydrogens is 321 g/mol. The molecular formula is C15H25BrFN3. The van der Waals surface area contributed by atoms with Crippen LogP contribution in [0.2, 0.25) is 0 Å². The Bertz CT molecular complexity index is 426. The van der Waals surface area contributed by atoms with Gasteiger partial charge in [0.2, 0.25) is 0 Å². The highest BCUT2D eigenvalue weighted by Gasteiger charge is 2.24. The lowest BCUT2D eigenvalue weighted by molar-refractivity contribution is 0.130. The van der Waals surface area contributed by atoms with E-state index in [1.807, 2.05) is 6.07 Å². The lowest BCUT2D eigenvalue weighted by atomic mass is 10.0. The second-order valence-electron chi connectivity index (χ2n) is 5.36. The normalized spacial score (nSPS) is 14.8. The number of nitrogens with two attached hydrogens (primary N) is 1. The molecule has 0 fully saturated rings. The van der Waals surface area contributed by atoms with Gasteiger partial charge in [0.05, 0.1) is 0 Å². The Morgan fingerprint density at radius 2 is 2.00 bits per heavy atom. The van der Waals surface area contributed by atoms with E-state index >= 15 is 0 Å². The van der Waals surface area contributed by atoms with Crippen LogP contribution >= 0.6 is 15.9 Å². The van der Waals surface area contributed by atoms with Crippen molar-refractivity contribution in [2.24, 2.45) is 5.73 Å². The predicted molar refractivity (Wildman–Crippen MR) is 86.3 cm³/mol. The number of nitrogens with zero attached hydrogens (tertiary/aromatic N) is 2. The zero-order chi connectivity index (χ0) is 15.3. The molecule has 0 amide bonds. The van der Waals surface area contributed by atoms with Gasteiger partial charge in [-0.1, -0.05) is 28.9 Å². The molecule has 0 saturated carbocycles. The first-order valence-electron chi connectivity index (χ1n) is 6.96. The van der Waals surface area contributed by atoms with Crippen molar-refractivity contribution in [3.8, 4) is 0 Å². The second-order valence-corrected chi connectivity index (χ2v) is 6.21. The number of rotatable bonds is 7. The lowest BCUT2D eigenvalue weighted by Crippen LogP contribution is -2.44. The minimum atomic E-state index is -0.235. The Hall–Kier alpha value is -0.490. The molecule has 0 bridgehead atoms. The van der Waals surface area contributed by atoms with Crippen LogP contribution in [0.1, 0.15) is 25.5 Å². The number of benzene rings is 1. The number of halogens is 2. The summed E-state index contributed by atoms with van der Waals surface area (Å²) in [6.07, 6.45) is 0. The number of likely N-dealkylation sites (N-methyl/N-ethyl adjacent to an activating group) is 2. The monoisotopic (exact) mass is 345 g/mol. The third kappa shape index (κ3) is 4.52. The van der Waals surface area contributed by atoms with Crippen molar-refractivity contribution in [1.82, 2.24) is 9.80 Å². The maximum Gasteiger partial charge on any atom is 0.124 e. The molecule has 1 aromatic rings. The third-order valence-electron chi connectivity index (χ3n) is 3.51. The Labute approximate surface area is 130 Å². The van der Waals surface area contributed by atoms with E-state index in [1.165, 1.54) is 12.1 Å². The van der Waals surface area contributed by atoms with E-state index in [4.69, 9.17) is 5.73 Å². The van der Waals surface area contributed by atoms with Crippen molar-refractivity contribution in [3.05, 3.63) is 34.1 Å². The van der Waals surface area contributed by atoms with Crippen molar-refractivity contribution >= 4 is 15.9 Å². The van der Waals surface area contributed by atoms with Crippen LogP contribution in [0.5, 0.6) is 0 Å². The highest BCUT2D eigenvalue weighted by Crippen LogP contribution is 2.29. The molecule has 3 nitrogen and oxygen atoms in total. The van der Waals surface area contributed by atoms with Crippen LogP contribution in [0, 0.1) is 5.82 Å². The van der Waals surface area contributed by atoms with E-state index in [-0.39, 0.29) is 11.9 Å². The van der Waals surface area contributed by atoms with Crippen molar-refractivity contribution in [2.45, 2.75) is 25.9 Å². The minimum Gasteiger partial charge on any atom is -0.329 e. The van der Waals surface area contributed by atoms with E-state index in [0.717, 1.165) is 23.1 Å². The fourth-order valence-corrected chi connectivity index (χ4v) is 3.30. The Morgan fingerprint density at radius 1 is 1.35 bits per heavy atom. The van der Waals surface area contributed by atoms with Gasteiger partial charge in [0.25, 0.3) is 0 Å². The fourth-order valence-electron chi connectivity index (χ4n) is 2.69. The van der Waals surface area contributed by atoms with E-state index in [1.54, 1.807) is 0 Å². The quantitative estimate of drug-likeness (QED) is 0.824. The standard InChI is InChI=1S/C15H25BrFN3/c1-5-20(11(2)10-19(3)4)15(9-18)13-7-6-12(17)8-14(13)16/h6-8,11,15H,5,9-10,18H2,1-4H3. The van der Waals surface area contributed by atoms with Gasteiger partial charge in [0.15, 0.2) is 0 Å². The molecule has 0 radical (unpaired) electrons. The maximum atomic E-state index is 13.2. The first-order valence-corrected chi connectivity index (χ1v) is 7.75. The molecule has 20 heavy (non-hydrogen) atoms. The molecule has 0 aliphatic carbocycles. The molecule has 0 spiro atoms. The van der Waals surface area contributed by atoms with Crippen LogP contribution in [-0.2, 0) is 0 Å². The van der Waals surface area contributed by atoms with Crippen LogP contribution in [0.3, 0.4) is 0 Å². The zero-order valence-electron chi connectivity index (χ0n) is 12.7. The van der Waals surface area contributed by atoms with Gasteiger partial charge in [-0.25, -0.2) is 4.39 Å². The van der Waals surface area contributed by atoms with Gasteiger partial charge < -0.3 is 10.6 Å². The van der Waals surface area contributed by atoms with Gasteiger partial charge >= 0.3 is 0 Å². The first kappa shape index (κ1) is 17.6. The summed E-state index contributed by atoms with van der Waals surface area (Å²) in [6.45, 7) is 6.70. The highest BCUT2D eigenvalue weighted by atomic mass is 79.9. The summed E-state index contributed by atoms with van der Waals surface area (Å²) in [4.78, 5) is 4.53. The van der Waals surface area contributed by atoms with Crippen LogP contribution in [0.25, 0.3) is 0 Å². The molecule has 2 atom stereocenters. The van der Waals surface area contributed by atoms with Gasteiger partial charge in [-0.3, -0.25) is 4.90 Å². The topological polar surface area (TPSA) is 32.5 Å². The minimum absolute atomic E-state index is 0.0879. The maximum absolute atomic E-state index is 13.2. The summed E-state index contributed by atoms with van der Waals surface area (Å²) in [5, 5.41) is 0. The highest BCUT2D eigenvalue weighted by molar-refractivity contribution is 9.10. The van der Waals surface area contributed by atoms with Crippen LogP contribution < -0.4 is 5.73 Å². The summed E-state index contributed by atoms with van der Waals surface area (Å²) in [6, 6.07) is 5.28. The summed E-state index contributed by atoms with van der Waals surface area (Å²) < 4.78 is 14.0. The molecule has 2 unspecified atom stereocenters. The SMILES string of the molecule is CCN(C(C)CN(C)C)C(CN)c1ccc(F)cc1Br. The molecule has 2 N–H and O–H groups in total. The number of hydrogen-bond donors (Lipinski definition) is 1. The lowest BCUT2D eigenvalue weighted by Gasteiger charge is -2.37.